The zero-order valence-corrected chi connectivity index (χ0v) is 12.6. The van der Waals surface area contributed by atoms with Gasteiger partial charge < -0.3 is 5.11 Å². The highest BCUT2D eigenvalue weighted by Crippen LogP contribution is 2.30. The molecule has 0 saturated carbocycles. The van der Waals surface area contributed by atoms with E-state index in [1.54, 1.807) is 12.1 Å². The second kappa shape index (κ2) is 6.15. The number of hydrogen-bond donors (Lipinski definition) is 1. The number of aliphatic hydroxyl groups is 1. The molecule has 4 heteroatoms. The van der Waals surface area contributed by atoms with Crippen molar-refractivity contribution in [3.05, 3.63) is 68.2 Å². The maximum absolute atomic E-state index is 10.3. The molecule has 1 atom stereocenters. The van der Waals surface area contributed by atoms with Crippen molar-refractivity contribution in [2.75, 3.05) is 0 Å². The molecular weight excluding hydrogens is 303 g/mol. The third-order valence-corrected chi connectivity index (χ3v) is 3.97. The monoisotopic (exact) mass is 314 g/mol. The molecule has 1 unspecified atom stereocenters. The number of rotatable bonds is 3. The van der Waals surface area contributed by atoms with Crippen LogP contribution >= 0.6 is 34.8 Å². The van der Waals surface area contributed by atoms with E-state index in [1.807, 2.05) is 31.2 Å². The van der Waals surface area contributed by atoms with Crippen molar-refractivity contribution in [3.63, 3.8) is 0 Å². The van der Waals surface area contributed by atoms with Crippen LogP contribution < -0.4 is 0 Å². The summed E-state index contributed by atoms with van der Waals surface area (Å²) in [6.07, 6.45) is -0.257. The molecule has 0 aliphatic carbocycles. The van der Waals surface area contributed by atoms with Crippen molar-refractivity contribution in [1.82, 2.24) is 0 Å². The van der Waals surface area contributed by atoms with Crippen LogP contribution in [-0.4, -0.2) is 5.11 Å². The first-order chi connectivity index (χ1) is 8.97. The molecule has 2 aromatic carbocycles. The molecule has 100 valence electrons. The molecule has 0 aliphatic heterocycles. The number of aliphatic hydroxyl groups excluding tert-OH is 1. The molecule has 0 saturated heterocycles. The van der Waals surface area contributed by atoms with Gasteiger partial charge in [0.25, 0.3) is 0 Å². The minimum Gasteiger partial charge on any atom is -0.388 e. The maximum atomic E-state index is 10.3. The van der Waals surface area contributed by atoms with Crippen LogP contribution in [0.15, 0.2) is 36.4 Å². The van der Waals surface area contributed by atoms with Gasteiger partial charge in [0.05, 0.1) is 16.1 Å². The Bertz CT molecular complexity index is 576. The Morgan fingerprint density at radius 2 is 1.84 bits per heavy atom. The smallest absolute Gasteiger partial charge is 0.0831 e. The fourth-order valence-corrected chi connectivity index (χ4v) is 2.68. The second-order valence-corrected chi connectivity index (χ2v) is 5.72. The fourth-order valence-electron chi connectivity index (χ4n) is 1.99. The lowest BCUT2D eigenvalue weighted by Crippen LogP contribution is -2.03. The fraction of sp³-hybridized carbons (Fsp3) is 0.200. The van der Waals surface area contributed by atoms with Gasteiger partial charge >= 0.3 is 0 Å². The van der Waals surface area contributed by atoms with Crippen LogP contribution in [0.25, 0.3) is 0 Å². The number of halogens is 3. The molecule has 0 aliphatic rings. The van der Waals surface area contributed by atoms with Crippen molar-refractivity contribution in [3.8, 4) is 0 Å². The van der Waals surface area contributed by atoms with Crippen molar-refractivity contribution >= 4 is 34.8 Å². The molecule has 2 aromatic rings. The van der Waals surface area contributed by atoms with Crippen LogP contribution in [0, 0.1) is 6.92 Å². The van der Waals surface area contributed by atoms with E-state index in [4.69, 9.17) is 34.8 Å². The summed E-state index contributed by atoms with van der Waals surface area (Å²) in [5.74, 6) is 0. The number of hydrogen-bond acceptors (Lipinski definition) is 1. The summed E-state index contributed by atoms with van der Waals surface area (Å²) >= 11 is 18.1. The lowest BCUT2D eigenvalue weighted by atomic mass is 10.00. The van der Waals surface area contributed by atoms with Gasteiger partial charge in [0, 0.05) is 11.4 Å². The van der Waals surface area contributed by atoms with E-state index >= 15 is 0 Å². The molecular formula is C15H13Cl3O. The molecule has 0 spiro atoms. The minimum absolute atomic E-state index is 0.402. The van der Waals surface area contributed by atoms with Crippen molar-refractivity contribution < 1.29 is 5.11 Å². The third-order valence-electron chi connectivity index (χ3n) is 2.89. The highest BCUT2D eigenvalue weighted by molar-refractivity contribution is 6.42. The van der Waals surface area contributed by atoms with Gasteiger partial charge in [-0.1, -0.05) is 53.0 Å². The largest absolute Gasteiger partial charge is 0.388 e. The summed E-state index contributed by atoms with van der Waals surface area (Å²) in [6.45, 7) is 1.94. The Morgan fingerprint density at radius 1 is 1.11 bits per heavy atom. The summed E-state index contributed by atoms with van der Waals surface area (Å²) in [7, 11) is 0. The molecule has 0 radical (unpaired) electrons. The first-order valence-corrected chi connectivity index (χ1v) is 6.99. The van der Waals surface area contributed by atoms with Crippen LogP contribution in [0.1, 0.15) is 22.8 Å². The predicted molar refractivity (Wildman–Crippen MR) is 81.3 cm³/mol. The average Bonchev–Trinajstić information content (AvgIpc) is 2.33. The van der Waals surface area contributed by atoms with E-state index in [-0.39, 0.29) is 0 Å². The Labute approximate surface area is 127 Å². The topological polar surface area (TPSA) is 20.2 Å². The third kappa shape index (κ3) is 3.64. The Hall–Kier alpha value is -0.730. The van der Waals surface area contributed by atoms with Crippen molar-refractivity contribution in [1.29, 1.82) is 0 Å². The first-order valence-electron chi connectivity index (χ1n) is 5.85. The Balaban J connectivity index is 2.25. The summed E-state index contributed by atoms with van der Waals surface area (Å²) in [5.41, 5.74) is 2.61. The highest BCUT2D eigenvalue weighted by Gasteiger charge is 2.13. The molecule has 19 heavy (non-hydrogen) atoms. The van der Waals surface area contributed by atoms with Crippen LogP contribution in [-0.2, 0) is 6.42 Å². The van der Waals surface area contributed by atoms with Crippen LogP contribution in [0.5, 0.6) is 0 Å². The van der Waals surface area contributed by atoms with E-state index in [0.717, 1.165) is 16.7 Å². The van der Waals surface area contributed by atoms with Gasteiger partial charge in [0.2, 0.25) is 0 Å². The predicted octanol–water partition coefficient (Wildman–Crippen LogP) is 5.23. The van der Waals surface area contributed by atoms with Gasteiger partial charge in [-0.05, 0) is 41.8 Å². The van der Waals surface area contributed by atoms with Crippen molar-refractivity contribution in [2.45, 2.75) is 19.4 Å². The number of aryl methyl sites for hydroxylation is 1. The normalized spacial score (nSPS) is 12.5. The van der Waals surface area contributed by atoms with E-state index in [1.165, 1.54) is 0 Å². The Morgan fingerprint density at radius 3 is 2.53 bits per heavy atom. The van der Waals surface area contributed by atoms with Gasteiger partial charge in [-0.3, -0.25) is 0 Å². The molecule has 0 amide bonds. The maximum Gasteiger partial charge on any atom is 0.0831 e. The van der Waals surface area contributed by atoms with Gasteiger partial charge in [-0.2, -0.15) is 0 Å². The van der Waals surface area contributed by atoms with E-state index < -0.39 is 6.10 Å². The lowest BCUT2D eigenvalue weighted by molar-refractivity contribution is 0.178. The molecule has 0 fully saturated rings. The van der Waals surface area contributed by atoms with Gasteiger partial charge in [-0.15, -0.1) is 0 Å². The second-order valence-electron chi connectivity index (χ2n) is 4.49. The zero-order chi connectivity index (χ0) is 14.0. The van der Waals surface area contributed by atoms with Crippen LogP contribution in [0.3, 0.4) is 0 Å². The summed E-state index contributed by atoms with van der Waals surface area (Å²) in [6, 6.07) is 10.9. The quantitative estimate of drug-likeness (QED) is 0.822. The average molecular weight is 316 g/mol. The SMILES string of the molecule is Cc1cc(Cl)cc(C(O)Cc2cccc(Cl)c2Cl)c1. The molecule has 0 heterocycles. The minimum atomic E-state index is -0.659. The summed E-state index contributed by atoms with van der Waals surface area (Å²) < 4.78 is 0. The summed E-state index contributed by atoms with van der Waals surface area (Å²) in [5, 5.41) is 11.9. The molecule has 1 nitrogen and oxygen atoms in total. The first kappa shape index (κ1) is 14.7. The van der Waals surface area contributed by atoms with Crippen LogP contribution in [0.4, 0.5) is 0 Å². The molecule has 2 rings (SSSR count). The van der Waals surface area contributed by atoms with E-state index in [0.29, 0.717) is 21.5 Å². The lowest BCUT2D eigenvalue weighted by Gasteiger charge is -2.14. The summed E-state index contributed by atoms with van der Waals surface area (Å²) in [4.78, 5) is 0. The van der Waals surface area contributed by atoms with E-state index in [2.05, 4.69) is 0 Å². The number of benzene rings is 2. The van der Waals surface area contributed by atoms with Gasteiger partial charge in [0.15, 0.2) is 0 Å². The highest BCUT2D eigenvalue weighted by atomic mass is 35.5. The standard InChI is InChI=1S/C15H13Cl3O/c1-9-5-11(7-12(16)6-9)14(19)8-10-3-2-4-13(17)15(10)18/h2-7,14,19H,8H2,1H3. The van der Waals surface area contributed by atoms with E-state index in [9.17, 15) is 5.11 Å². The van der Waals surface area contributed by atoms with Crippen LogP contribution in [0.2, 0.25) is 15.1 Å². The van der Waals surface area contributed by atoms with Gasteiger partial charge in [-0.25, -0.2) is 0 Å². The molecule has 0 aromatic heterocycles. The Kier molecular flexibility index (Phi) is 4.75. The molecule has 1 N–H and O–H groups in total. The van der Waals surface area contributed by atoms with Crippen molar-refractivity contribution in [2.24, 2.45) is 0 Å². The van der Waals surface area contributed by atoms with Gasteiger partial charge in [0.1, 0.15) is 0 Å². The zero-order valence-electron chi connectivity index (χ0n) is 10.3. The molecule has 0 bridgehead atoms.